The molecule has 11 nitrogen and oxygen atoms in total. The number of fused-ring (bicyclic) bond motifs is 2. The molecule has 10 aliphatic rings. The number of allylic oxidation sites excluding steroid dienone is 2. The lowest BCUT2D eigenvalue weighted by molar-refractivity contribution is -0.0614. The molecule has 380 valence electrons. The van der Waals surface area contributed by atoms with Gasteiger partial charge >= 0.3 is 0 Å². The highest BCUT2D eigenvalue weighted by Gasteiger charge is 2.51. The Hall–Kier alpha value is -4.45. The van der Waals surface area contributed by atoms with Gasteiger partial charge in [-0.2, -0.15) is 0 Å². The molecule has 0 radical (unpaired) electrons. The summed E-state index contributed by atoms with van der Waals surface area (Å²) < 4.78 is 20.3. The van der Waals surface area contributed by atoms with Crippen molar-refractivity contribution in [2.45, 2.75) is 167 Å². The first-order valence-corrected chi connectivity index (χ1v) is 27.3. The maximum Gasteiger partial charge on any atom is 0.188 e. The van der Waals surface area contributed by atoms with Gasteiger partial charge in [-0.3, -0.25) is 4.99 Å². The fourth-order valence-corrected chi connectivity index (χ4v) is 15.3. The van der Waals surface area contributed by atoms with Gasteiger partial charge in [0.1, 0.15) is 29.5 Å². The number of aliphatic imine (C=N–C) groups is 1. The molecule has 0 aromatic heterocycles. The molecule has 8 bridgehead atoms. The number of benzene rings is 3. The Kier molecular flexibility index (Phi) is 14.2. The number of rotatable bonds is 5. The van der Waals surface area contributed by atoms with E-state index in [1.165, 1.54) is 12.8 Å². The van der Waals surface area contributed by atoms with Crippen LogP contribution in [0.3, 0.4) is 0 Å². The van der Waals surface area contributed by atoms with Crippen molar-refractivity contribution in [1.82, 2.24) is 5.32 Å². The maximum absolute atomic E-state index is 12.4. The third-order valence-electron chi connectivity index (χ3n) is 18.8. The number of aliphatic hydroxyl groups is 3. The van der Waals surface area contributed by atoms with Crippen molar-refractivity contribution >= 4 is 5.96 Å². The molecule has 3 saturated carbocycles. The van der Waals surface area contributed by atoms with E-state index in [0.29, 0.717) is 85.1 Å². The van der Waals surface area contributed by atoms with E-state index in [1.54, 1.807) is 13.2 Å². The number of ether oxygens (including phenoxy) is 3. The summed E-state index contributed by atoms with van der Waals surface area (Å²) in [4.78, 5) is 4.97. The monoisotopic (exact) mass is 960 g/mol. The number of hydrogen-bond acceptors (Lipinski definition) is 11. The molecule has 5 heterocycles. The summed E-state index contributed by atoms with van der Waals surface area (Å²) in [5.41, 5.74) is 13.6. The van der Waals surface area contributed by atoms with Crippen molar-refractivity contribution in [3.8, 4) is 39.9 Å². The van der Waals surface area contributed by atoms with E-state index in [4.69, 9.17) is 24.9 Å². The van der Waals surface area contributed by atoms with E-state index in [9.17, 15) is 25.5 Å². The minimum Gasteiger partial charge on any atom is -0.508 e. The topological polar surface area (TPSA) is 179 Å². The molecule has 3 fully saturated rings. The van der Waals surface area contributed by atoms with Crippen molar-refractivity contribution in [1.29, 1.82) is 0 Å². The summed E-state index contributed by atoms with van der Waals surface area (Å²) in [6.07, 6.45) is 18.9. The van der Waals surface area contributed by atoms with Crippen molar-refractivity contribution in [3.63, 3.8) is 0 Å². The van der Waals surface area contributed by atoms with E-state index in [2.05, 4.69) is 44.3 Å². The molecular formula is C59H81N3O8. The third-order valence-corrected chi connectivity index (χ3v) is 18.8. The molecule has 2 spiro atoms. The molecule has 13 rings (SSSR count). The number of guanidine groups is 1. The van der Waals surface area contributed by atoms with Crippen molar-refractivity contribution < 1.29 is 39.7 Å². The average molecular weight is 960 g/mol. The zero-order valence-corrected chi connectivity index (χ0v) is 42.3. The summed E-state index contributed by atoms with van der Waals surface area (Å²) >= 11 is 0. The van der Waals surface area contributed by atoms with Crippen molar-refractivity contribution in [3.05, 3.63) is 76.4 Å². The number of nitrogens with one attached hydrogen (secondary N) is 1. The largest absolute Gasteiger partial charge is 0.508 e. The predicted octanol–water partition coefficient (Wildman–Crippen LogP) is 10.2. The fourth-order valence-electron chi connectivity index (χ4n) is 15.3. The summed E-state index contributed by atoms with van der Waals surface area (Å²) in [6, 6.07) is 11.5. The lowest BCUT2D eigenvalue weighted by Gasteiger charge is -2.49. The molecule has 8 N–H and O–H groups in total. The lowest BCUT2D eigenvalue weighted by atomic mass is 9.59. The minimum atomic E-state index is -0.903. The van der Waals surface area contributed by atoms with Crippen LogP contribution in [0, 0.1) is 46.3 Å². The molecule has 3 aromatic rings. The molecule has 5 aliphatic carbocycles. The molecular weight excluding hydrogens is 879 g/mol. The molecule has 11 heteroatoms. The Labute approximate surface area is 416 Å². The van der Waals surface area contributed by atoms with Gasteiger partial charge in [0.05, 0.1) is 19.3 Å². The second-order valence-corrected chi connectivity index (χ2v) is 23.5. The first-order chi connectivity index (χ1) is 33.8. The average Bonchev–Trinajstić information content (AvgIpc) is 4.02. The van der Waals surface area contributed by atoms with Gasteiger partial charge in [0.15, 0.2) is 17.5 Å². The Bertz CT molecular complexity index is 2420. The van der Waals surface area contributed by atoms with Crippen LogP contribution >= 0.6 is 0 Å². The Balaban J connectivity index is 1.07. The van der Waals surface area contributed by atoms with Crippen molar-refractivity contribution in [2.75, 3.05) is 26.8 Å². The lowest BCUT2D eigenvalue weighted by Crippen LogP contribution is -2.49. The molecule has 10 unspecified atom stereocenters. The van der Waals surface area contributed by atoms with Crippen LogP contribution in [0.1, 0.15) is 157 Å². The fraction of sp³-hybridized carbons (Fsp3) is 0.644. The number of hydrogen-bond donors (Lipinski definition) is 7. The molecule has 3 aromatic carbocycles. The SMILES string of the molecule is CCC1CC2C=CC1CC(O)CC1(CCCC1)CN=C(N)NCCC1C(CCC3(CCCC3)C1CO)Oc1cc(ccc1O)C1Oc3cc(OC)c4c(c3CC1O)C2Cc1cc(O)c(CC(C)C)cc1-4. The molecule has 5 aliphatic heterocycles. The number of methoxy groups -OCH3 is 1. The van der Waals surface area contributed by atoms with Crippen LogP contribution in [-0.2, 0) is 19.3 Å². The van der Waals surface area contributed by atoms with E-state index in [0.717, 1.165) is 110 Å². The molecule has 0 amide bonds. The highest BCUT2D eigenvalue weighted by Crippen LogP contribution is 2.58. The highest BCUT2D eigenvalue weighted by molar-refractivity contribution is 5.84. The van der Waals surface area contributed by atoms with Crippen LogP contribution in [0.15, 0.2) is 53.5 Å². The standard InChI is InChI=1S/C59H81N3O8/c1-5-35-23-37-11-10-36(35)24-41(64)31-58(16-6-7-17-58)33-62-57(60)61-21-15-42-46(32-63)59(18-8-9-19-59)20-14-50(42)69-52-28-38(12-13-47(52)65)56-49(67)29-45-51(70-56)30-53(68-4)55-44-26-40(22-34(2)3)48(66)27-39(44)25-43(37)54(45)55/h10-13,26-28,30,34-37,41-43,46,49-50,56,63-67H,5-9,14-25,29,31-33H2,1-4H3,(H3,60,61,62). The second kappa shape index (κ2) is 20.2. The number of phenolic OH excluding ortho intramolecular Hbond substituents is 2. The summed E-state index contributed by atoms with van der Waals surface area (Å²) in [5, 5.41) is 61.9. The Morgan fingerprint density at radius 1 is 0.886 bits per heavy atom. The number of aliphatic hydroxyl groups excluding tert-OH is 3. The van der Waals surface area contributed by atoms with Crippen LogP contribution in [0.4, 0.5) is 0 Å². The van der Waals surface area contributed by atoms with Gasteiger partial charge in [0.25, 0.3) is 0 Å². The van der Waals surface area contributed by atoms with E-state index < -0.39 is 18.3 Å². The van der Waals surface area contributed by atoms with Gasteiger partial charge in [-0.05, 0) is 175 Å². The molecule has 70 heavy (non-hydrogen) atoms. The van der Waals surface area contributed by atoms with Crippen LogP contribution in [0.2, 0.25) is 0 Å². The van der Waals surface area contributed by atoms with Crippen LogP contribution in [0.25, 0.3) is 11.1 Å². The van der Waals surface area contributed by atoms with Crippen LogP contribution in [-0.4, -0.2) is 76.6 Å². The summed E-state index contributed by atoms with van der Waals surface area (Å²) in [7, 11) is 1.72. The van der Waals surface area contributed by atoms with E-state index in [-0.39, 0.29) is 58.9 Å². The van der Waals surface area contributed by atoms with Crippen LogP contribution < -0.4 is 25.3 Å². The minimum absolute atomic E-state index is 0.00282. The third kappa shape index (κ3) is 9.41. The Morgan fingerprint density at radius 2 is 1.66 bits per heavy atom. The highest BCUT2D eigenvalue weighted by atomic mass is 16.5. The summed E-state index contributed by atoms with van der Waals surface area (Å²) in [6.45, 7) is 7.85. The smallest absolute Gasteiger partial charge is 0.188 e. The van der Waals surface area contributed by atoms with Gasteiger partial charge in [-0.1, -0.05) is 71.1 Å². The molecule has 0 saturated heterocycles. The zero-order valence-electron chi connectivity index (χ0n) is 42.3. The van der Waals surface area contributed by atoms with Gasteiger partial charge < -0.3 is 50.8 Å². The number of phenols is 2. The van der Waals surface area contributed by atoms with Crippen LogP contribution in [0.5, 0.6) is 28.7 Å². The van der Waals surface area contributed by atoms with E-state index in [1.807, 2.05) is 24.3 Å². The Morgan fingerprint density at radius 3 is 2.40 bits per heavy atom. The first kappa shape index (κ1) is 49.1. The normalized spacial score (nSPS) is 31.4. The molecule has 10 atom stereocenters. The predicted molar refractivity (Wildman–Crippen MR) is 275 cm³/mol. The van der Waals surface area contributed by atoms with Crippen molar-refractivity contribution in [2.24, 2.45) is 57.1 Å². The second-order valence-electron chi connectivity index (χ2n) is 23.5. The van der Waals surface area contributed by atoms with Gasteiger partial charge in [-0.15, -0.1) is 0 Å². The number of nitrogens with zero attached hydrogens (tertiary/aromatic N) is 1. The van der Waals surface area contributed by atoms with Gasteiger partial charge in [0, 0.05) is 49.2 Å². The van der Waals surface area contributed by atoms with E-state index >= 15 is 0 Å². The maximum atomic E-state index is 12.4. The van der Waals surface area contributed by atoms with Gasteiger partial charge in [0.2, 0.25) is 0 Å². The quantitative estimate of drug-likeness (QED) is 0.122. The number of nitrogens with two attached hydrogens (primary N) is 1. The zero-order chi connectivity index (χ0) is 48.9. The summed E-state index contributed by atoms with van der Waals surface area (Å²) in [5.74, 6) is 3.67. The van der Waals surface area contributed by atoms with Gasteiger partial charge in [-0.25, -0.2) is 0 Å². The number of aromatic hydroxyl groups is 2. The first-order valence-electron chi connectivity index (χ1n) is 27.3.